The highest BCUT2D eigenvalue weighted by atomic mass is 35.5. The van der Waals surface area contributed by atoms with E-state index in [0.29, 0.717) is 16.4 Å². The van der Waals surface area contributed by atoms with Gasteiger partial charge >= 0.3 is 0 Å². The molecule has 5 heteroatoms. The minimum atomic E-state index is -0.210. The summed E-state index contributed by atoms with van der Waals surface area (Å²) in [7, 11) is 0. The van der Waals surface area contributed by atoms with Crippen LogP contribution in [0.2, 0.25) is 5.02 Å². The summed E-state index contributed by atoms with van der Waals surface area (Å²) in [5, 5.41) is 11.8. The predicted molar refractivity (Wildman–Crippen MR) is 106 cm³/mol. The Morgan fingerprint density at radius 1 is 0.808 bits per heavy atom. The highest BCUT2D eigenvalue weighted by Gasteiger charge is 1.98. The molecule has 1 N–H and O–H groups in total. The molecule has 0 aliphatic heterocycles. The van der Waals surface area contributed by atoms with E-state index in [1.54, 1.807) is 42.5 Å². The van der Waals surface area contributed by atoms with E-state index in [4.69, 9.17) is 11.6 Å². The second kappa shape index (κ2) is 8.74. The van der Waals surface area contributed by atoms with Crippen LogP contribution in [0.4, 0.5) is 17.1 Å². The first kappa shape index (κ1) is 17.6. The molecule has 0 unspecified atom stereocenters. The zero-order chi connectivity index (χ0) is 18.2. The van der Waals surface area contributed by atoms with Crippen LogP contribution in [0.5, 0.6) is 0 Å². The summed E-state index contributed by atoms with van der Waals surface area (Å²) >= 11 is 5.83. The van der Waals surface area contributed by atoms with Crippen molar-refractivity contribution in [1.29, 1.82) is 0 Å². The number of nitrogens with zero attached hydrogens (tertiary/aromatic N) is 2. The molecule has 0 aliphatic carbocycles. The molecular weight excluding hydrogens is 346 g/mol. The van der Waals surface area contributed by atoms with Gasteiger partial charge in [0, 0.05) is 16.8 Å². The topological polar surface area (TPSA) is 53.8 Å². The van der Waals surface area contributed by atoms with Gasteiger partial charge < -0.3 is 5.32 Å². The summed E-state index contributed by atoms with van der Waals surface area (Å²) in [5.41, 5.74) is 3.09. The summed E-state index contributed by atoms with van der Waals surface area (Å²) in [5.74, 6) is -0.210. The Hall–Kier alpha value is -3.24. The third kappa shape index (κ3) is 5.40. The Morgan fingerprint density at radius 2 is 1.42 bits per heavy atom. The zero-order valence-electron chi connectivity index (χ0n) is 13.8. The molecule has 0 radical (unpaired) electrons. The standard InChI is InChI=1S/C21H16ClN3O/c22-17-9-6-16(7-10-17)8-15-21(26)23-18-11-13-20(14-12-18)25-24-19-4-2-1-3-5-19/h1-15H,(H,23,26)/b15-8+,25-24?. The molecule has 0 spiro atoms. The van der Waals surface area contributed by atoms with Gasteiger partial charge in [0.1, 0.15) is 0 Å². The highest BCUT2D eigenvalue weighted by Crippen LogP contribution is 2.20. The first-order valence-electron chi connectivity index (χ1n) is 8.00. The Morgan fingerprint density at radius 3 is 2.08 bits per heavy atom. The third-order valence-corrected chi connectivity index (χ3v) is 3.72. The molecule has 0 bridgehead atoms. The molecule has 3 aromatic rings. The second-order valence-corrected chi connectivity index (χ2v) is 5.89. The van der Waals surface area contributed by atoms with Gasteiger partial charge in [0.25, 0.3) is 0 Å². The van der Waals surface area contributed by atoms with E-state index in [9.17, 15) is 4.79 Å². The Bertz CT molecular complexity index is 918. The summed E-state index contributed by atoms with van der Waals surface area (Å²) in [4.78, 5) is 12.0. The molecule has 0 saturated heterocycles. The smallest absolute Gasteiger partial charge is 0.248 e. The van der Waals surface area contributed by atoms with Gasteiger partial charge in [0.2, 0.25) is 5.91 Å². The predicted octanol–water partition coefficient (Wildman–Crippen LogP) is 6.41. The number of hydrogen-bond acceptors (Lipinski definition) is 3. The van der Waals surface area contributed by atoms with Crippen molar-refractivity contribution in [1.82, 2.24) is 0 Å². The normalized spacial score (nSPS) is 11.1. The fourth-order valence-corrected chi connectivity index (χ4v) is 2.28. The number of nitrogens with one attached hydrogen (secondary N) is 1. The lowest BCUT2D eigenvalue weighted by Gasteiger charge is -2.02. The number of rotatable bonds is 5. The largest absolute Gasteiger partial charge is 0.323 e. The van der Waals surface area contributed by atoms with E-state index >= 15 is 0 Å². The Balaban J connectivity index is 1.57. The van der Waals surface area contributed by atoms with Crippen LogP contribution in [0.3, 0.4) is 0 Å². The van der Waals surface area contributed by atoms with Crippen molar-refractivity contribution in [2.75, 3.05) is 5.32 Å². The highest BCUT2D eigenvalue weighted by molar-refractivity contribution is 6.30. The summed E-state index contributed by atoms with van der Waals surface area (Å²) in [6, 6.07) is 23.9. The maximum atomic E-state index is 12.0. The molecule has 26 heavy (non-hydrogen) atoms. The van der Waals surface area contributed by atoms with E-state index < -0.39 is 0 Å². The number of anilines is 1. The molecule has 3 aromatic carbocycles. The van der Waals surface area contributed by atoms with Crippen molar-refractivity contribution in [3.63, 3.8) is 0 Å². The third-order valence-electron chi connectivity index (χ3n) is 3.47. The monoisotopic (exact) mass is 361 g/mol. The van der Waals surface area contributed by atoms with Crippen LogP contribution in [0.15, 0.2) is 95.2 Å². The molecule has 1 amide bonds. The molecule has 0 atom stereocenters. The minimum Gasteiger partial charge on any atom is -0.323 e. The number of carbonyl (C=O) groups excluding carboxylic acids is 1. The number of halogens is 1. The number of benzene rings is 3. The van der Waals surface area contributed by atoms with E-state index in [0.717, 1.165) is 11.3 Å². The van der Waals surface area contributed by atoms with Crippen LogP contribution in [0.1, 0.15) is 5.56 Å². The lowest BCUT2D eigenvalue weighted by Crippen LogP contribution is -2.07. The maximum absolute atomic E-state index is 12.0. The lowest BCUT2D eigenvalue weighted by atomic mass is 10.2. The number of hydrogen-bond donors (Lipinski definition) is 1. The molecule has 0 fully saturated rings. The van der Waals surface area contributed by atoms with Crippen molar-refractivity contribution in [3.8, 4) is 0 Å². The van der Waals surface area contributed by atoms with Crippen LogP contribution in [0, 0.1) is 0 Å². The van der Waals surface area contributed by atoms with Crippen molar-refractivity contribution in [3.05, 3.63) is 95.5 Å². The van der Waals surface area contributed by atoms with Gasteiger partial charge in [0.15, 0.2) is 0 Å². The molecule has 0 saturated carbocycles. The van der Waals surface area contributed by atoms with Crippen molar-refractivity contribution < 1.29 is 4.79 Å². The van der Waals surface area contributed by atoms with Crippen molar-refractivity contribution in [2.45, 2.75) is 0 Å². The summed E-state index contributed by atoms with van der Waals surface area (Å²) in [6.45, 7) is 0. The van der Waals surface area contributed by atoms with Crippen LogP contribution < -0.4 is 5.32 Å². The van der Waals surface area contributed by atoms with Gasteiger partial charge in [-0.1, -0.05) is 41.9 Å². The van der Waals surface area contributed by atoms with E-state index in [-0.39, 0.29) is 5.91 Å². The number of azo groups is 1. The Labute approximate surface area is 156 Å². The SMILES string of the molecule is O=C(/C=C/c1ccc(Cl)cc1)Nc1ccc(N=Nc2ccccc2)cc1. The fourth-order valence-electron chi connectivity index (χ4n) is 2.15. The van der Waals surface area contributed by atoms with Crippen LogP contribution >= 0.6 is 11.6 Å². The van der Waals surface area contributed by atoms with Gasteiger partial charge in [-0.25, -0.2) is 0 Å². The van der Waals surface area contributed by atoms with Crippen molar-refractivity contribution in [2.24, 2.45) is 10.2 Å². The van der Waals surface area contributed by atoms with Crippen LogP contribution in [-0.4, -0.2) is 5.91 Å². The quantitative estimate of drug-likeness (QED) is 0.414. The average Bonchev–Trinajstić information content (AvgIpc) is 2.68. The lowest BCUT2D eigenvalue weighted by molar-refractivity contribution is -0.111. The number of carbonyl (C=O) groups is 1. The van der Waals surface area contributed by atoms with E-state index in [1.165, 1.54) is 6.08 Å². The molecule has 0 aromatic heterocycles. The van der Waals surface area contributed by atoms with E-state index in [2.05, 4.69) is 15.5 Å². The average molecular weight is 362 g/mol. The second-order valence-electron chi connectivity index (χ2n) is 5.46. The molecule has 128 valence electrons. The van der Waals surface area contributed by atoms with E-state index in [1.807, 2.05) is 42.5 Å². The zero-order valence-corrected chi connectivity index (χ0v) is 14.6. The summed E-state index contributed by atoms with van der Waals surface area (Å²) < 4.78 is 0. The minimum absolute atomic E-state index is 0.210. The van der Waals surface area contributed by atoms with Gasteiger partial charge in [-0.3, -0.25) is 4.79 Å². The van der Waals surface area contributed by atoms with Gasteiger partial charge in [-0.05, 0) is 60.2 Å². The molecule has 0 aliphatic rings. The van der Waals surface area contributed by atoms with Gasteiger partial charge in [0.05, 0.1) is 11.4 Å². The maximum Gasteiger partial charge on any atom is 0.248 e. The van der Waals surface area contributed by atoms with Crippen LogP contribution in [-0.2, 0) is 4.79 Å². The first-order chi connectivity index (χ1) is 12.7. The number of amides is 1. The molecular formula is C21H16ClN3O. The Kier molecular flexibility index (Phi) is 5.91. The first-order valence-corrected chi connectivity index (χ1v) is 8.38. The van der Waals surface area contributed by atoms with Gasteiger partial charge in [-0.2, -0.15) is 10.2 Å². The molecule has 4 nitrogen and oxygen atoms in total. The summed E-state index contributed by atoms with van der Waals surface area (Å²) in [6.07, 6.45) is 3.21. The molecule has 3 rings (SSSR count). The molecule has 0 heterocycles. The van der Waals surface area contributed by atoms with Crippen molar-refractivity contribution >= 4 is 40.6 Å². The van der Waals surface area contributed by atoms with Crippen LogP contribution in [0.25, 0.3) is 6.08 Å². The van der Waals surface area contributed by atoms with Gasteiger partial charge in [-0.15, -0.1) is 0 Å². The fraction of sp³-hybridized carbons (Fsp3) is 0.